The van der Waals surface area contributed by atoms with Crippen LogP contribution in [0.15, 0.2) is 30.9 Å². The van der Waals surface area contributed by atoms with Crippen molar-refractivity contribution in [2.24, 2.45) is 0 Å². The molecule has 1 aliphatic rings. The Bertz CT molecular complexity index is 107. The zero-order valence-electron chi connectivity index (χ0n) is 7.52. The van der Waals surface area contributed by atoms with Crippen LogP contribution in [0, 0.1) is 13.0 Å². The van der Waals surface area contributed by atoms with Crippen molar-refractivity contribution >= 4 is 15.9 Å². The molecule has 0 aromatic carbocycles. The Labute approximate surface area is 99.8 Å². The maximum atomic E-state index is 3.43. The van der Waals surface area contributed by atoms with E-state index < -0.39 is 0 Å². The van der Waals surface area contributed by atoms with Gasteiger partial charge in [-0.05, 0) is 0 Å². The van der Waals surface area contributed by atoms with Crippen LogP contribution in [0.3, 0.4) is 0 Å². The van der Waals surface area contributed by atoms with E-state index in [0.717, 1.165) is 11.8 Å². The van der Waals surface area contributed by atoms with Crippen LogP contribution in [0.1, 0.15) is 13.3 Å². The molecule has 0 spiro atoms. The Hall–Kier alpha value is 0.414. The van der Waals surface area contributed by atoms with Gasteiger partial charge in [0.15, 0.2) is 0 Å². The summed E-state index contributed by atoms with van der Waals surface area (Å²) in [6.45, 7) is 8.43. The predicted molar refractivity (Wildman–Crippen MR) is 56.6 cm³/mol. The molecule has 0 nitrogen and oxygen atoms in total. The van der Waals surface area contributed by atoms with Crippen molar-refractivity contribution in [3.8, 4) is 0 Å². The molecule has 0 unspecified atom stereocenters. The number of rotatable bonds is 1. The van der Waals surface area contributed by atoms with Crippen LogP contribution < -0.4 is 0 Å². The predicted octanol–water partition coefficient (Wildman–Crippen LogP) is 3.71. The largest absolute Gasteiger partial charge is 2.00 e. The number of alkyl halides is 1. The molecule has 0 amide bonds. The summed E-state index contributed by atoms with van der Waals surface area (Å²) in [5, 5.41) is 0.896. The Morgan fingerprint density at radius 1 is 1.67 bits per heavy atom. The summed E-state index contributed by atoms with van der Waals surface area (Å²) in [7, 11) is 0. The maximum absolute atomic E-state index is 3.43. The molecule has 0 atom stereocenters. The van der Waals surface area contributed by atoms with Gasteiger partial charge in [-0.2, -0.15) is 13.0 Å². The van der Waals surface area contributed by atoms with Gasteiger partial charge in [0, 0.05) is 5.33 Å². The maximum Gasteiger partial charge on any atom is 2.00 e. The zero-order chi connectivity index (χ0) is 8.95. The summed E-state index contributed by atoms with van der Waals surface area (Å²) in [6, 6.07) is 0. The minimum absolute atomic E-state index is 0. The Morgan fingerprint density at radius 2 is 2.17 bits per heavy atom. The van der Waals surface area contributed by atoms with Gasteiger partial charge in [-0.15, -0.1) is 13.0 Å². The third kappa shape index (κ3) is 22.4. The van der Waals surface area contributed by atoms with Crippen LogP contribution in [0.4, 0.5) is 0 Å². The van der Waals surface area contributed by atoms with Crippen LogP contribution in [-0.4, -0.2) is 5.33 Å². The van der Waals surface area contributed by atoms with Crippen molar-refractivity contribution < 1.29 is 21.7 Å². The van der Waals surface area contributed by atoms with E-state index in [1.165, 1.54) is 0 Å². The third-order valence-electron chi connectivity index (χ3n) is 0.695. The first-order valence-corrected chi connectivity index (χ1v) is 4.63. The number of hydrogen-bond donors (Lipinski definition) is 0. The second-order valence-electron chi connectivity index (χ2n) is 1.45. The minimum atomic E-state index is 0. The van der Waals surface area contributed by atoms with Crippen LogP contribution in [0.2, 0.25) is 0 Å². The quantitative estimate of drug-likeness (QED) is 0.293. The fourth-order valence-corrected chi connectivity index (χ4v) is 0.340. The molecule has 0 radical (unpaired) electrons. The summed E-state index contributed by atoms with van der Waals surface area (Å²) < 4.78 is 0. The van der Waals surface area contributed by atoms with E-state index in [4.69, 9.17) is 0 Å². The van der Waals surface area contributed by atoms with Gasteiger partial charge in [0.2, 0.25) is 0 Å². The number of halogens is 1. The van der Waals surface area contributed by atoms with Crippen molar-refractivity contribution in [1.29, 1.82) is 0 Å². The minimum Gasteiger partial charge on any atom is -0.346 e. The Morgan fingerprint density at radius 3 is 2.25 bits per heavy atom. The standard InChI is InChI=1S/C5H5.C3H5Br.C2H5.Ti/c1-2-4-5-3-1;1-2-3-4;1-2;/h1-3H,4H2;2H,1,3H2;1H2,2H3;/q-1;;-1;+2. The average Bonchev–Trinajstić information content (AvgIpc) is 2.65. The SMILES string of the molecule is C=CCBr.[C-]1=CC=CC1.[CH2-]C.[Ti+2]. The van der Waals surface area contributed by atoms with Crippen molar-refractivity contribution in [2.75, 3.05) is 5.33 Å². The summed E-state index contributed by atoms with van der Waals surface area (Å²) in [4.78, 5) is 0. The molecule has 1 aliphatic carbocycles. The molecule has 0 aromatic heterocycles. The molecule has 0 bridgehead atoms. The van der Waals surface area contributed by atoms with Crippen LogP contribution in [0.25, 0.3) is 0 Å². The average molecular weight is 263 g/mol. The van der Waals surface area contributed by atoms with Gasteiger partial charge >= 0.3 is 21.7 Å². The third-order valence-corrected chi connectivity index (χ3v) is 1.15. The first-order chi connectivity index (χ1) is 5.41. The second kappa shape index (κ2) is 22.5. The van der Waals surface area contributed by atoms with Crippen LogP contribution in [0.5, 0.6) is 0 Å². The molecule has 0 heterocycles. The van der Waals surface area contributed by atoms with E-state index in [1.807, 2.05) is 12.2 Å². The molecule has 0 aliphatic heterocycles. The van der Waals surface area contributed by atoms with Gasteiger partial charge in [-0.1, -0.05) is 22.0 Å². The molecule has 12 heavy (non-hydrogen) atoms. The molecule has 66 valence electrons. The summed E-state index contributed by atoms with van der Waals surface area (Å²) in [5.74, 6) is 0. The van der Waals surface area contributed by atoms with Crippen molar-refractivity contribution in [1.82, 2.24) is 0 Å². The molecule has 0 saturated carbocycles. The molecule has 0 fully saturated rings. The number of allylic oxidation sites excluding steroid dienone is 5. The topological polar surface area (TPSA) is 0 Å². The smallest absolute Gasteiger partial charge is 0.346 e. The van der Waals surface area contributed by atoms with Gasteiger partial charge in [0.05, 0.1) is 0 Å². The molecule has 0 saturated heterocycles. The van der Waals surface area contributed by atoms with E-state index in [1.54, 1.807) is 13.0 Å². The second-order valence-corrected chi connectivity index (χ2v) is 2.09. The van der Waals surface area contributed by atoms with Crippen molar-refractivity contribution in [2.45, 2.75) is 13.3 Å². The van der Waals surface area contributed by atoms with Crippen molar-refractivity contribution in [3.63, 3.8) is 0 Å². The molecule has 2 heteroatoms. The fraction of sp³-hybridized carbons (Fsp3) is 0.300. The number of hydrogen-bond acceptors (Lipinski definition) is 0. The Balaban J connectivity index is -0.000000107. The van der Waals surface area contributed by atoms with E-state index in [-0.39, 0.29) is 21.7 Å². The zero-order valence-corrected chi connectivity index (χ0v) is 10.7. The van der Waals surface area contributed by atoms with E-state index >= 15 is 0 Å². The van der Waals surface area contributed by atoms with Crippen LogP contribution >= 0.6 is 15.9 Å². The molecular formula is C10H15BrTi. The molecular weight excluding hydrogens is 248 g/mol. The summed E-state index contributed by atoms with van der Waals surface area (Å²) in [5.41, 5.74) is 0. The van der Waals surface area contributed by atoms with Gasteiger partial charge < -0.3 is 6.92 Å². The monoisotopic (exact) mass is 262 g/mol. The first-order valence-electron chi connectivity index (χ1n) is 3.51. The van der Waals surface area contributed by atoms with Crippen LogP contribution in [-0.2, 0) is 21.7 Å². The van der Waals surface area contributed by atoms with Gasteiger partial charge in [0.25, 0.3) is 0 Å². The van der Waals surface area contributed by atoms with Gasteiger partial charge in [-0.25, -0.2) is 12.2 Å². The molecule has 1 rings (SSSR count). The van der Waals surface area contributed by atoms with E-state index in [9.17, 15) is 0 Å². The van der Waals surface area contributed by atoms with E-state index in [0.29, 0.717) is 0 Å². The molecule has 0 N–H and O–H groups in total. The molecule has 0 aromatic rings. The normalized spacial score (nSPS) is 9.92. The van der Waals surface area contributed by atoms with Gasteiger partial charge in [-0.3, -0.25) is 6.08 Å². The van der Waals surface area contributed by atoms with Gasteiger partial charge in [0.1, 0.15) is 0 Å². The van der Waals surface area contributed by atoms with Crippen molar-refractivity contribution in [3.05, 3.63) is 43.9 Å². The summed E-state index contributed by atoms with van der Waals surface area (Å²) >= 11 is 3.13. The first kappa shape index (κ1) is 18.2. The fourth-order valence-electron chi connectivity index (χ4n) is 0.340. The summed E-state index contributed by atoms with van der Waals surface area (Å²) in [6.07, 6.45) is 11.8. The Kier molecular flexibility index (Phi) is 34.2. The van der Waals surface area contributed by atoms with E-state index in [2.05, 4.69) is 41.6 Å².